The summed E-state index contributed by atoms with van der Waals surface area (Å²) in [5, 5.41) is 15.7. The number of benzene rings is 3. The normalized spacial score (nSPS) is 17.3. The van der Waals surface area contributed by atoms with Crippen LogP contribution in [0.2, 0.25) is 0 Å². The van der Waals surface area contributed by atoms with Gasteiger partial charge in [0.15, 0.2) is 0 Å². The van der Waals surface area contributed by atoms with Crippen molar-refractivity contribution in [1.29, 1.82) is 0 Å². The number of urea groups is 1. The highest BCUT2D eigenvalue weighted by atomic mass is 16.5. The molecule has 3 aromatic rings. The highest BCUT2D eigenvalue weighted by molar-refractivity contribution is 5.93. The molecular weight excluding hydrogens is 548 g/mol. The van der Waals surface area contributed by atoms with Gasteiger partial charge in [-0.1, -0.05) is 37.3 Å². The number of ether oxygens (including phenoxy) is 2. The molecule has 4 rings (SSSR count). The minimum Gasteiger partial charge on any atom is -0.497 e. The fourth-order valence-corrected chi connectivity index (χ4v) is 4.96. The number of amides is 4. The van der Waals surface area contributed by atoms with Crippen LogP contribution in [0.4, 0.5) is 16.2 Å². The molecule has 1 heterocycles. The molecule has 3 N–H and O–H groups in total. The van der Waals surface area contributed by atoms with Crippen molar-refractivity contribution in [1.82, 2.24) is 9.80 Å². The summed E-state index contributed by atoms with van der Waals surface area (Å²) in [5.41, 5.74) is 2.69. The summed E-state index contributed by atoms with van der Waals surface area (Å²) in [7, 11) is 3.27. The Morgan fingerprint density at radius 3 is 2.44 bits per heavy atom. The molecule has 0 saturated carbocycles. The molecule has 4 amide bonds. The second-order valence-electron chi connectivity index (χ2n) is 11.0. The number of hydrogen-bond donors (Lipinski definition) is 3. The molecule has 1 aliphatic heterocycles. The number of anilines is 2. The van der Waals surface area contributed by atoms with Crippen molar-refractivity contribution in [2.45, 2.75) is 38.8 Å². The Hall–Kier alpha value is -4.57. The molecule has 0 radical (unpaired) electrons. The van der Waals surface area contributed by atoms with Crippen LogP contribution in [-0.2, 0) is 22.4 Å². The zero-order valence-corrected chi connectivity index (χ0v) is 25.1. The van der Waals surface area contributed by atoms with Gasteiger partial charge in [-0.05, 0) is 55.0 Å². The van der Waals surface area contributed by atoms with E-state index < -0.39 is 12.1 Å². The number of nitrogens with zero attached hydrogens (tertiary/aromatic N) is 2. The summed E-state index contributed by atoms with van der Waals surface area (Å²) in [5.74, 6) is 0.692. The molecule has 1 aliphatic rings. The second kappa shape index (κ2) is 14.6. The molecule has 3 atom stereocenters. The largest absolute Gasteiger partial charge is 0.497 e. The van der Waals surface area contributed by atoms with Crippen molar-refractivity contribution in [2.75, 3.05) is 44.5 Å². The highest BCUT2D eigenvalue weighted by Gasteiger charge is 2.32. The van der Waals surface area contributed by atoms with Crippen LogP contribution in [0.25, 0.3) is 0 Å². The lowest BCUT2D eigenvalue weighted by atomic mass is 10.0. The molecule has 0 aliphatic carbocycles. The summed E-state index contributed by atoms with van der Waals surface area (Å²) in [4.78, 5) is 42.5. The van der Waals surface area contributed by atoms with E-state index in [2.05, 4.69) is 10.6 Å². The number of likely N-dealkylation sites (N-methyl/N-ethyl adjacent to an activating group) is 1. The van der Waals surface area contributed by atoms with E-state index in [-0.39, 0.29) is 49.8 Å². The standard InChI is InChI=1S/C33H40N4O6/c1-22-19-37(23(2)21-38)32(40)18-25-17-27(34-31(39)16-24-8-6-5-7-9-24)12-15-29(25)43-30(22)20-36(3)33(41)35-26-10-13-28(42-4)14-11-26/h5-15,17,22-23,30,38H,16,18-21H2,1-4H3,(H,34,39)(H,35,41)/t22-,23+,30+/m0/s1. The number of rotatable bonds is 9. The third-order valence-corrected chi connectivity index (χ3v) is 7.55. The quantitative estimate of drug-likeness (QED) is 0.345. The minimum atomic E-state index is -0.469. The topological polar surface area (TPSA) is 120 Å². The summed E-state index contributed by atoms with van der Waals surface area (Å²) in [6.45, 7) is 4.17. The van der Waals surface area contributed by atoms with Gasteiger partial charge in [-0.25, -0.2) is 4.79 Å². The third kappa shape index (κ3) is 8.48. The van der Waals surface area contributed by atoms with Crippen LogP contribution in [0, 0.1) is 5.92 Å². The van der Waals surface area contributed by atoms with Crippen LogP contribution in [0.3, 0.4) is 0 Å². The number of methoxy groups -OCH3 is 1. The van der Waals surface area contributed by atoms with E-state index in [0.717, 1.165) is 5.56 Å². The molecule has 0 bridgehead atoms. The lowest BCUT2D eigenvalue weighted by molar-refractivity contribution is -0.134. The Kier molecular flexibility index (Phi) is 10.6. The Morgan fingerprint density at radius 1 is 1.07 bits per heavy atom. The Labute approximate surface area is 252 Å². The van der Waals surface area contributed by atoms with Crippen molar-refractivity contribution in [3.05, 3.63) is 83.9 Å². The lowest BCUT2D eigenvalue weighted by Gasteiger charge is -2.34. The Balaban J connectivity index is 1.54. The van der Waals surface area contributed by atoms with E-state index in [0.29, 0.717) is 35.0 Å². The van der Waals surface area contributed by atoms with Crippen LogP contribution < -0.4 is 20.1 Å². The molecule has 0 spiro atoms. The van der Waals surface area contributed by atoms with Crippen molar-refractivity contribution >= 4 is 29.2 Å². The summed E-state index contributed by atoms with van der Waals surface area (Å²) < 4.78 is 11.7. The van der Waals surface area contributed by atoms with Gasteiger partial charge in [0.1, 0.15) is 17.6 Å². The van der Waals surface area contributed by atoms with Crippen LogP contribution >= 0.6 is 0 Å². The average molecular weight is 589 g/mol. The van der Waals surface area contributed by atoms with Gasteiger partial charge in [-0.3, -0.25) is 9.59 Å². The first-order valence-electron chi connectivity index (χ1n) is 14.4. The average Bonchev–Trinajstić information content (AvgIpc) is 3.04. The molecule has 10 nitrogen and oxygen atoms in total. The molecule has 3 aromatic carbocycles. The zero-order chi connectivity index (χ0) is 30.9. The van der Waals surface area contributed by atoms with Gasteiger partial charge < -0.3 is 35.0 Å². The van der Waals surface area contributed by atoms with Gasteiger partial charge in [0.25, 0.3) is 0 Å². The van der Waals surface area contributed by atoms with Crippen molar-refractivity contribution in [3.8, 4) is 11.5 Å². The maximum absolute atomic E-state index is 13.5. The summed E-state index contributed by atoms with van der Waals surface area (Å²) >= 11 is 0. The van der Waals surface area contributed by atoms with Crippen molar-refractivity contribution in [3.63, 3.8) is 0 Å². The third-order valence-electron chi connectivity index (χ3n) is 7.55. The molecule has 0 aromatic heterocycles. The van der Waals surface area contributed by atoms with Gasteiger partial charge >= 0.3 is 6.03 Å². The smallest absolute Gasteiger partial charge is 0.321 e. The number of aliphatic hydroxyl groups is 1. The van der Waals surface area contributed by atoms with Gasteiger partial charge in [0.2, 0.25) is 11.8 Å². The molecule has 0 unspecified atom stereocenters. The number of carbonyl (C=O) groups excluding carboxylic acids is 3. The van der Waals surface area contributed by atoms with E-state index >= 15 is 0 Å². The van der Waals surface area contributed by atoms with E-state index in [1.54, 1.807) is 73.3 Å². The lowest BCUT2D eigenvalue weighted by Crippen LogP contribution is -2.48. The van der Waals surface area contributed by atoms with Gasteiger partial charge in [-0.2, -0.15) is 0 Å². The number of nitrogens with one attached hydrogen (secondary N) is 2. The Bertz CT molecular complexity index is 1400. The maximum Gasteiger partial charge on any atom is 0.321 e. The van der Waals surface area contributed by atoms with Crippen LogP contribution in [0.15, 0.2) is 72.8 Å². The van der Waals surface area contributed by atoms with E-state index in [1.807, 2.05) is 37.3 Å². The highest BCUT2D eigenvalue weighted by Crippen LogP contribution is 2.29. The first-order chi connectivity index (χ1) is 20.7. The van der Waals surface area contributed by atoms with Crippen LogP contribution in [0.5, 0.6) is 11.5 Å². The second-order valence-corrected chi connectivity index (χ2v) is 11.0. The molecule has 0 saturated heterocycles. The molecule has 228 valence electrons. The summed E-state index contributed by atoms with van der Waals surface area (Å²) in [6, 6.07) is 21.1. The molecular formula is C33H40N4O6. The number of fused-ring (bicyclic) bond motifs is 1. The van der Waals surface area contributed by atoms with Crippen LogP contribution in [-0.4, -0.2) is 78.8 Å². The van der Waals surface area contributed by atoms with E-state index in [9.17, 15) is 19.5 Å². The zero-order valence-electron chi connectivity index (χ0n) is 25.1. The Morgan fingerprint density at radius 2 is 1.77 bits per heavy atom. The maximum atomic E-state index is 13.5. The van der Waals surface area contributed by atoms with Crippen molar-refractivity contribution in [2.24, 2.45) is 5.92 Å². The van der Waals surface area contributed by atoms with Crippen molar-refractivity contribution < 1.29 is 29.0 Å². The SMILES string of the molecule is COc1ccc(NC(=O)N(C)C[C@H]2Oc3ccc(NC(=O)Cc4ccccc4)cc3CC(=O)N([C@H](C)CO)C[C@@H]2C)cc1. The fourth-order valence-electron chi connectivity index (χ4n) is 4.96. The first kappa shape index (κ1) is 31.4. The number of carbonyl (C=O) groups is 3. The molecule has 10 heteroatoms. The van der Waals surface area contributed by atoms with Gasteiger partial charge in [-0.15, -0.1) is 0 Å². The fraction of sp³-hybridized carbons (Fsp3) is 0.364. The number of hydrogen-bond acceptors (Lipinski definition) is 6. The minimum absolute atomic E-state index is 0.0370. The monoisotopic (exact) mass is 588 g/mol. The predicted octanol–water partition coefficient (Wildman–Crippen LogP) is 4.19. The van der Waals surface area contributed by atoms with Gasteiger partial charge in [0, 0.05) is 36.4 Å². The molecule has 0 fully saturated rings. The van der Waals surface area contributed by atoms with E-state index in [4.69, 9.17) is 9.47 Å². The number of aliphatic hydroxyl groups excluding tert-OH is 1. The van der Waals surface area contributed by atoms with Crippen LogP contribution in [0.1, 0.15) is 25.0 Å². The predicted molar refractivity (Wildman–Crippen MR) is 165 cm³/mol. The van der Waals surface area contributed by atoms with Gasteiger partial charge in [0.05, 0.1) is 39.1 Å². The molecule has 43 heavy (non-hydrogen) atoms. The first-order valence-corrected chi connectivity index (χ1v) is 14.4. The van der Waals surface area contributed by atoms with E-state index in [1.165, 1.54) is 0 Å². The summed E-state index contributed by atoms with van der Waals surface area (Å²) in [6.07, 6.45) is -0.210.